The van der Waals surface area contributed by atoms with Gasteiger partial charge in [0.05, 0.1) is 25.2 Å². The molecule has 7 heteroatoms. The van der Waals surface area contributed by atoms with Crippen molar-refractivity contribution in [3.63, 3.8) is 0 Å². The Morgan fingerprint density at radius 2 is 2.35 bits per heavy atom. The normalized spacial score (nSPS) is 12.1. The van der Waals surface area contributed by atoms with Crippen LogP contribution in [0.15, 0.2) is 12.4 Å². The lowest BCUT2D eigenvalue weighted by Gasteiger charge is -2.09. The van der Waals surface area contributed by atoms with E-state index in [9.17, 15) is 9.59 Å². The number of amides is 1. The minimum Gasteiger partial charge on any atom is -0.481 e. The molecular weight excluding hydrogens is 224 g/mol. The van der Waals surface area contributed by atoms with E-state index in [1.165, 1.54) is 0 Å². The van der Waals surface area contributed by atoms with Crippen LogP contribution in [0, 0.1) is 6.92 Å². The molecular formula is C10H16N4O3. The highest BCUT2D eigenvalue weighted by molar-refractivity contribution is 5.85. The zero-order valence-corrected chi connectivity index (χ0v) is 9.59. The van der Waals surface area contributed by atoms with E-state index in [4.69, 9.17) is 10.8 Å². The van der Waals surface area contributed by atoms with Crippen LogP contribution in [0.5, 0.6) is 0 Å². The smallest absolute Gasteiger partial charge is 0.305 e. The maximum absolute atomic E-state index is 11.3. The molecule has 0 fully saturated rings. The third kappa shape index (κ3) is 4.64. The molecule has 0 aromatic carbocycles. The number of nitrogens with zero attached hydrogens (tertiary/aromatic N) is 2. The van der Waals surface area contributed by atoms with Gasteiger partial charge < -0.3 is 16.2 Å². The van der Waals surface area contributed by atoms with Crippen molar-refractivity contribution < 1.29 is 14.7 Å². The van der Waals surface area contributed by atoms with E-state index in [2.05, 4.69) is 10.4 Å². The zero-order chi connectivity index (χ0) is 12.8. The molecule has 1 rings (SSSR count). The van der Waals surface area contributed by atoms with Crippen LogP contribution >= 0.6 is 0 Å². The maximum atomic E-state index is 11.3. The second-order valence-corrected chi connectivity index (χ2v) is 3.78. The molecule has 1 unspecified atom stereocenters. The van der Waals surface area contributed by atoms with Gasteiger partial charge >= 0.3 is 5.97 Å². The fraction of sp³-hybridized carbons (Fsp3) is 0.500. The lowest BCUT2D eigenvalue weighted by Crippen LogP contribution is -2.42. The number of aromatic nitrogens is 2. The van der Waals surface area contributed by atoms with E-state index in [1.807, 2.05) is 13.1 Å². The van der Waals surface area contributed by atoms with Gasteiger partial charge in [-0.15, -0.1) is 0 Å². The fourth-order valence-electron chi connectivity index (χ4n) is 1.29. The summed E-state index contributed by atoms with van der Waals surface area (Å²) in [5, 5.41) is 15.1. The minimum atomic E-state index is -1.09. The van der Waals surface area contributed by atoms with E-state index >= 15 is 0 Å². The molecule has 7 nitrogen and oxygen atoms in total. The number of rotatable bonds is 6. The summed E-state index contributed by atoms with van der Waals surface area (Å²) in [6.07, 6.45) is 3.20. The molecule has 0 aliphatic carbocycles. The Morgan fingerprint density at radius 3 is 2.88 bits per heavy atom. The Labute approximate surface area is 98.6 Å². The summed E-state index contributed by atoms with van der Waals surface area (Å²) in [6, 6.07) is -1.01. The molecule has 17 heavy (non-hydrogen) atoms. The number of hydrogen-bond acceptors (Lipinski definition) is 4. The number of aryl methyl sites for hydroxylation is 1. The average molecular weight is 240 g/mol. The number of aliphatic carboxylic acids is 1. The van der Waals surface area contributed by atoms with Gasteiger partial charge in [0.1, 0.15) is 0 Å². The number of nitrogens with one attached hydrogen (secondary N) is 1. The molecule has 1 aromatic rings. The lowest BCUT2D eigenvalue weighted by atomic mass is 10.2. The first-order valence-electron chi connectivity index (χ1n) is 5.23. The molecule has 0 aliphatic rings. The summed E-state index contributed by atoms with van der Waals surface area (Å²) in [5.41, 5.74) is 6.43. The van der Waals surface area contributed by atoms with E-state index in [-0.39, 0.29) is 6.42 Å². The van der Waals surface area contributed by atoms with Gasteiger partial charge in [-0.05, 0) is 12.5 Å². The predicted molar refractivity (Wildman–Crippen MR) is 60.2 cm³/mol. The highest BCUT2D eigenvalue weighted by Crippen LogP contribution is 1.93. The molecule has 0 aliphatic heterocycles. The molecule has 1 aromatic heterocycles. The summed E-state index contributed by atoms with van der Waals surface area (Å²) in [6.45, 7) is 2.82. The monoisotopic (exact) mass is 240 g/mol. The van der Waals surface area contributed by atoms with Crippen LogP contribution in [0.2, 0.25) is 0 Å². The highest BCUT2D eigenvalue weighted by atomic mass is 16.4. The van der Waals surface area contributed by atoms with Crippen molar-refractivity contribution in [2.45, 2.75) is 25.9 Å². The first kappa shape index (κ1) is 13.2. The summed E-state index contributed by atoms with van der Waals surface area (Å²) < 4.78 is 1.69. The molecule has 4 N–H and O–H groups in total. The van der Waals surface area contributed by atoms with Gasteiger partial charge in [0.2, 0.25) is 5.91 Å². The molecule has 0 spiro atoms. The number of carbonyl (C=O) groups is 2. The van der Waals surface area contributed by atoms with Gasteiger partial charge in [-0.3, -0.25) is 14.3 Å². The number of carboxylic acid groups (broad SMARTS) is 1. The van der Waals surface area contributed by atoms with E-state index in [0.29, 0.717) is 13.1 Å². The van der Waals surface area contributed by atoms with Crippen molar-refractivity contribution in [1.29, 1.82) is 0 Å². The third-order valence-corrected chi connectivity index (χ3v) is 2.13. The molecule has 1 amide bonds. The van der Waals surface area contributed by atoms with Gasteiger partial charge in [0.25, 0.3) is 0 Å². The summed E-state index contributed by atoms with van der Waals surface area (Å²) in [7, 11) is 0. The Balaban J connectivity index is 2.26. The SMILES string of the molecule is Cc1cnn(CCNC(=O)C(N)CC(=O)O)c1. The number of carboxylic acids is 1. The highest BCUT2D eigenvalue weighted by Gasteiger charge is 2.16. The molecule has 0 radical (unpaired) electrons. The van der Waals surface area contributed by atoms with E-state index in [1.54, 1.807) is 10.9 Å². The second kappa shape index (κ2) is 6.00. The minimum absolute atomic E-state index is 0.368. The molecule has 1 heterocycles. The topological polar surface area (TPSA) is 110 Å². The van der Waals surface area contributed by atoms with Crippen LogP contribution in [0.3, 0.4) is 0 Å². The van der Waals surface area contributed by atoms with Crippen molar-refractivity contribution >= 4 is 11.9 Å². The van der Waals surface area contributed by atoms with Crippen molar-refractivity contribution in [3.05, 3.63) is 18.0 Å². The van der Waals surface area contributed by atoms with Gasteiger partial charge in [-0.25, -0.2) is 0 Å². The zero-order valence-electron chi connectivity index (χ0n) is 9.59. The number of nitrogens with two attached hydrogens (primary N) is 1. The third-order valence-electron chi connectivity index (χ3n) is 2.13. The molecule has 0 bridgehead atoms. The first-order chi connectivity index (χ1) is 7.99. The Hall–Kier alpha value is -1.89. The maximum Gasteiger partial charge on any atom is 0.305 e. The van der Waals surface area contributed by atoms with Crippen LogP contribution in [-0.2, 0) is 16.1 Å². The summed E-state index contributed by atoms with van der Waals surface area (Å²) in [4.78, 5) is 21.7. The molecule has 0 saturated heterocycles. The van der Waals surface area contributed by atoms with Crippen molar-refractivity contribution in [2.75, 3.05) is 6.54 Å². The number of carbonyl (C=O) groups excluding carboxylic acids is 1. The lowest BCUT2D eigenvalue weighted by molar-refractivity contribution is -0.139. The fourth-order valence-corrected chi connectivity index (χ4v) is 1.29. The van der Waals surface area contributed by atoms with Crippen LogP contribution in [0.25, 0.3) is 0 Å². The standard InChI is InChI=1S/C10H16N4O3/c1-7-5-13-14(6-7)3-2-12-10(17)8(11)4-9(15)16/h5-6,8H,2-4,11H2,1H3,(H,12,17)(H,15,16). The Bertz CT molecular complexity index is 402. The van der Waals surface area contributed by atoms with Crippen molar-refractivity contribution in [3.8, 4) is 0 Å². The van der Waals surface area contributed by atoms with Gasteiger partial charge in [0.15, 0.2) is 0 Å². The summed E-state index contributed by atoms with van der Waals surface area (Å²) >= 11 is 0. The van der Waals surface area contributed by atoms with Crippen molar-refractivity contribution in [2.24, 2.45) is 5.73 Å². The van der Waals surface area contributed by atoms with E-state index < -0.39 is 17.9 Å². The molecule has 94 valence electrons. The molecule has 1 atom stereocenters. The van der Waals surface area contributed by atoms with Gasteiger partial charge in [0, 0.05) is 12.7 Å². The Morgan fingerprint density at radius 1 is 1.65 bits per heavy atom. The molecule has 0 saturated carbocycles. The second-order valence-electron chi connectivity index (χ2n) is 3.78. The first-order valence-corrected chi connectivity index (χ1v) is 5.23. The Kier molecular flexibility index (Phi) is 4.65. The van der Waals surface area contributed by atoms with Crippen LogP contribution in [0.4, 0.5) is 0 Å². The summed E-state index contributed by atoms with van der Waals surface area (Å²) in [5.74, 6) is -1.55. The average Bonchev–Trinajstić information content (AvgIpc) is 2.63. The quantitative estimate of drug-likeness (QED) is 0.597. The number of hydrogen-bond donors (Lipinski definition) is 3. The van der Waals surface area contributed by atoms with Gasteiger partial charge in [-0.1, -0.05) is 0 Å². The van der Waals surface area contributed by atoms with Gasteiger partial charge in [-0.2, -0.15) is 5.10 Å². The van der Waals surface area contributed by atoms with Crippen LogP contribution in [0.1, 0.15) is 12.0 Å². The predicted octanol–water partition coefficient (Wildman–Crippen LogP) is -0.890. The van der Waals surface area contributed by atoms with Crippen LogP contribution in [-0.4, -0.2) is 39.4 Å². The van der Waals surface area contributed by atoms with Crippen LogP contribution < -0.4 is 11.1 Å². The van der Waals surface area contributed by atoms with E-state index in [0.717, 1.165) is 5.56 Å². The largest absolute Gasteiger partial charge is 0.481 e. The van der Waals surface area contributed by atoms with Crippen molar-refractivity contribution in [1.82, 2.24) is 15.1 Å².